The number of hydrogen-bond acceptors (Lipinski definition) is 3. The lowest BCUT2D eigenvalue weighted by atomic mass is 9.81. The summed E-state index contributed by atoms with van der Waals surface area (Å²) in [6.45, 7) is 5.47. The van der Waals surface area contributed by atoms with Crippen LogP contribution in [-0.4, -0.2) is 43.1 Å². The van der Waals surface area contributed by atoms with E-state index in [1.165, 1.54) is 4.31 Å². The molecule has 1 saturated carbocycles. The van der Waals surface area contributed by atoms with Gasteiger partial charge in [-0.15, -0.1) is 0 Å². The fourth-order valence-corrected chi connectivity index (χ4v) is 4.42. The van der Waals surface area contributed by atoms with Crippen molar-refractivity contribution in [3.05, 3.63) is 0 Å². The van der Waals surface area contributed by atoms with Crippen LogP contribution in [0.5, 0.6) is 0 Å². The quantitative estimate of drug-likeness (QED) is 0.794. The van der Waals surface area contributed by atoms with Gasteiger partial charge in [0.1, 0.15) is 0 Å². The van der Waals surface area contributed by atoms with Gasteiger partial charge in [-0.05, 0) is 37.5 Å². The maximum atomic E-state index is 12.2. The first kappa shape index (κ1) is 14.2. The lowest BCUT2D eigenvalue weighted by Gasteiger charge is -2.38. The van der Waals surface area contributed by atoms with E-state index in [9.17, 15) is 13.5 Å². The monoisotopic (exact) mass is 276 g/mol. The van der Waals surface area contributed by atoms with Gasteiger partial charge < -0.3 is 5.11 Å². The Labute approximate surface area is 110 Å². The molecule has 5 nitrogen and oxygen atoms in total. The second-order valence-electron chi connectivity index (χ2n) is 6.17. The Kier molecular flexibility index (Phi) is 4.02. The van der Waals surface area contributed by atoms with Crippen LogP contribution in [-0.2, 0) is 10.2 Å². The molecule has 0 aromatic heterocycles. The topological polar surface area (TPSA) is 69.6 Å². The first-order chi connectivity index (χ1) is 8.31. The standard InChI is InChI=1S/C12H24N2O3S/c1-10-6-11(2)8-14(7-10)18(16,17)13-9-12(15)4-3-5-12/h10-11,13,15H,3-9H2,1-2H3. The third kappa shape index (κ3) is 3.23. The smallest absolute Gasteiger partial charge is 0.279 e. The third-order valence-corrected chi connectivity index (χ3v) is 5.53. The van der Waals surface area contributed by atoms with Crippen LogP contribution in [0.2, 0.25) is 0 Å². The van der Waals surface area contributed by atoms with E-state index >= 15 is 0 Å². The Balaban J connectivity index is 1.93. The van der Waals surface area contributed by atoms with Crippen LogP contribution in [0.25, 0.3) is 0 Å². The van der Waals surface area contributed by atoms with Crippen molar-refractivity contribution in [2.75, 3.05) is 19.6 Å². The summed E-state index contributed by atoms with van der Waals surface area (Å²) in [5.74, 6) is 0.800. The molecule has 0 amide bonds. The first-order valence-corrected chi connectivity index (χ1v) is 8.22. The van der Waals surface area contributed by atoms with Gasteiger partial charge in [-0.25, -0.2) is 0 Å². The molecule has 0 spiro atoms. The van der Waals surface area contributed by atoms with E-state index < -0.39 is 15.8 Å². The average Bonchev–Trinajstić information content (AvgIpc) is 2.22. The van der Waals surface area contributed by atoms with Gasteiger partial charge >= 0.3 is 0 Å². The minimum absolute atomic E-state index is 0.147. The Morgan fingerprint density at radius 1 is 1.28 bits per heavy atom. The molecule has 0 bridgehead atoms. The summed E-state index contributed by atoms with van der Waals surface area (Å²) in [6, 6.07) is 0. The fourth-order valence-electron chi connectivity index (χ4n) is 2.88. The van der Waals surface area contributed by atoms with E-state index in [0.717, 1.165) is 12.8 Å². The van der Waals surface area contributed by atoms with Crippen LogP contribution in [0, 0.1) is 11.8 Å². The van der Waals surface area contributed by atoms with E-state index in [2.05, 4.69) is 18.6 Å². The van der Waals surface area contributed by atoms with Crippen LogP contribution in [0.4, 0.5) is 0 Å². The number of nitrogens with one attached hydrogen (secondary N) is 1. The summed E-state index contributed by atoms with van der Waals surface area (Å²) in [5.41, 5.74) is -0.805. The lowest BCUT2D eigenvalue weighted by Crippen LogP contribution is -2.53. The molecule has 0 aromatic carbocycles. The third-order valence-electron chi connectivity index (χ3n) is 4.04. The molecule has 2 aliphatic rings. The highest BCUT2D eigenvalue weighted by Crippen LogP contribution is 2.31. The van der Waals surface area contributed by atoms with Gasteiger partial charge in [0, 0.05) is 19.6 Å². The molecule has 1 heterocycles. The predicted molar refractivity (Wildman–Crippen MR) is 70.2 cm³/mol. The molecule has 1 aliphatic heterocycles. The molecule has 2 N–H and O–H groups in total. The van der Waals surface area contributed by atoms with Gasteiger partial charge in [0.05, 0.1) is 5.60 Å². The van der Waals surface area contributed by atoms with Crippen molar-refractivity contribution in [1.29, 1.82) is 0 Å². The van der Waals surface area contributed by atoms with Crippen LogP contribution >= 0.6 is 0 Å². The highest BCUT2D eigenvalue weighted by Gasteiger charge is 2.37. The SMILES string of the molecule is CC1CC(C)CN(S(=O)(=O)NCC2(O)CCC2)C1. The summed E-state index contributed by atoms with van der Waals surface area (Å²) in [7, 11) is -3.44. The Morgan fingerprint density at radius 2 is 1.83 bits per heavy atom. The zero-order chi connectivity index (χ0) is 13.4. The number of hydrogen-bond donors (Lipinski definition) is 2. The maximum absolute atomic E-state index is 12.2. The van der Waals surface area contributed by atoms with E-state index in [1.807, 2.05) is 0 Å². The van der Waals surface area contributed by atoms with Crippen LogP contribution in [0.3, 0.4) is 0 Å². The predicted octanol–water partition coefficient (Wildman–Crippen LogP) is 0.714. The molecule has 1 aliphatic carbocycles. The van der Waals surface area contributed by atoms with Crippen molar-refractivity contribution in [2.45, 2.75) is 45.1 Å². The summed E-state index contributed by atoms with van der Waals surface area (Å²) >= 11 is 0. The van der Waals surface area contributed by atoms with E-state index in [1.54, 1.807) is 0 Å². The van der Waals surface area contributed by atoms with Crippen molar-refractivity contribution in [1.82, 2.24) is 9.03 Å². The molecule has 18 heavy (non-hydrogen) atoms. The lowest BCUT2D eigenvalue weighted by molar-refractivity contribution is -0.0274. The highest BCUT2D eigenvalue weighted by molar-refractivity contribution is 7.87. The van der Waals surface area contributed by atoms with E-state index in [4.69, 9.17) is 0 Å². The maximum Gasteiger partial charge on any atom is 0.279 e. The molecule has 0 aromatic rings. The van der Waals surface area contributed by atoms with Gasteiger partial charge in [0.15, 0.2) is 0 Å². The number of rotatable bonds is 4. The van der Waals surface area contributed by atoms with Crippen LogP contribution in [0.15, 0.2) is 0 Å². The van der Waals surface area contributed by atoms with Gasteiger partial charge in [0.2, 0.25) is 0 Å². The Bertz CT molecular complexity index is 382. The van der Waals surface area contributed by atoms with Gasteiger partial charge in [-0.1, -0.05) is 13.8 Å². The van der Waals surface area contributed by atoms with Crippen LogP contribution < -0.4 is 4.72 Å². The normalized spacial score (nSPS) is 33.1. The average molecular weight is 276 g/mol. The Hall–Kier alpha value is -0.170. The van der Waals surface area contributed by atoms with Gasteiger partial charge in [0.25, 0.3) is 10.2 Å². The minimum atomic E-state index is -3.44. The van der Waals surface area contributed by atoms with Crippen molar-refractivity contribution in [3.63, 3.8) is 0 Å². The molecule has 2 rings (SSSR count). The molecular formula is C12H24N2O3S. The van der Waals surface area contributed by atoms with E-state index in [0.29, 0.717) is 37.8 Å². The summed E-state index contributed by atoms with van der Waals surface area (Å²) in [6.07, 6.45) is 3.45. The molecule has 6 heteroatoms. The van der Waals surface area contributed by atoms with Gasteiger partial charge in [-0.3, -0.25) is 0 Å². The van der Waals surface area contributed by atoms with Crippen molar-refractivity contribution in [3.8, 4) is 0 Å². The number of aliphatic hydroxyl groups is 1. The molecule has 106 valence electrons. The first-order valence-electron chi connectivity index (χ1n) is 6.78. The van der Waals surface area contributed by atoms with Crippen LogP contribution in [0.1, 0.15) is 39.5 Å². The highest BCUT2D eigenvalue weighted by atomic mass is 32.2. The van der Waals surface area contributed by atoms with Gasteiger partial charge in [-0.2, -0.15) is 17.4 Å². The Morgan fingerprint density at radius 3 is 2.28 bits per heavy atom. The number of piperidine rings is 1. The molecule has 0 radical (unpaired) electrons. The summed E-state index contributed by atoms with van der Waals surface area (Å²) in [4.78, 5) is 0. The molecule has 2 unspecified atom stereocenters. The largest absolute Gasteiger partial charge is 0.389 e. The van der Waals surface area contributed by atoms with Crippen molar-refractivity contribution >= 4 is 10.2 Å². The van der Waals surface area contributed by atoms with Crippen molar-refractivity contribution < 1.29 is 13.5 Å². The zero-order valence-electron chi connectivity index (χ0n) is 11.2. The summed E-state index contributed by atoms with van der Waals surface area (Å²) in [5, 5.41) is 9.93. The van der Waals surface area contributed by atoms with E-state index in [-0.39, 0.29) is 6.54 Å². The second-order valence-corrected chi connectivity index (χ2v) is 7.92. The minimum Gasteiger partial charge on any atom is -0.389 e. The fraction of sp³-hybridized carbons (Fsp3) is 1.00. The van der Waals surface area contributed by atoms with Crippen molar-refractivity contribution in [2.24, 2.45) is 11.8 Å². The molecular weight excluding hydrogens is 252 g/mol. The molecule has 2 fully saturated rings. The summed E-state index contributed by atoms with van der Waals surface area (Å²) < 4.78 is 28.4. The molecule has 1 saturated heterocycles. The zero-order valence-corrected chi connectivity index (χ0v) is 12.0. The molecule has 2 atom stereocenters. The second kappa shape index (κ2) is 5.07. The number of nitrogens with zero attached hydrogens (tertiary/aromatic N) is 1.